The van der Waals surface area contributed by atoms with Gasteiger partial charge in [-0.3, -0.25) is 0 Å². The molecule has 1 unspecified atom stereocenters. The summed E-state index contributed by atoms with van der Waals surface area (Å²) in [5, 5.41) is 6.21. The number of nitrogens with one attached hydrogen (secondary N) is 2. The number of carbonyl (C=O) groups excluding carboxylic acids is 1. The van der Waals surface area contributed by atoms with Crippen LogP contribution in [-0.4, -0.2) is 58.3 Å². The van der Waals surface area contributed by atoms with Crippen molar-refractivity contribution in [1.82, 2.24) is 9.62 Å². The zero-order valence-electron chi connectivity index (χ0n) is 22.1. The number of hydrogen-bond donors (Lipinski definition) is 2. The quantitative estimate of drug-likeness (QED) is 0.339. The highest BCUT2D eigenvalue weighted by molar-refractivity contribution is 7.89. The first-order chi connectivity index (χ1) is 18.9. The van der Waals surface area contributed by atoms with Gasteiger partial charge in [0.15, 0.2) is 0 Å². The van der Waals surface area contributed by atoms with Crippen molar-refractivity contribution in [1.29, 1.82) is 0 Å². The second-order valence-corrected chi connectivity index (χ2v) is 11.7. The van der Waals surface area contributed by atoms with Gasteiger partial charge >= 0.3 is 12.4 Å². The Kier molecular flexibility index (Phi) is 8.59. The number of amides is 2. The Morgan fingerprint density at radius 1 is 1.05 bits per heavy atom. The highest BCUT2D eigenvalue weighted by Crippen LogP contribution is 2.36. The van der Waals surface area contributed by atoms with Crippen molar-refractivity contribution in [3.63, 3.8) is 0 Å². The second-order valence-electron chi connectivity index (χ2n) is 9.66. The second kappa shape index (κ2) is 11.8. The fourth-order valence-electron chi connectivity index (χ4n) is 4.87. The van der Waals surface area contributed by atoms with Gasteiger partial charge in [-0.15, -0.1) is 19.8 Å². The molecule has 4 rings (SSSR count). The number of ether oxygens (including phenoxy) is 1. The molecule has 0 bridgehead atoms. The Hall–Kier alpha value is -3.77. The molecule has 2 N–H and O–H groups in total. The number of sulfonamides is 1. The highest BCUT2D eigenvalue weighted by atomic mass is 32.2. The van der Waals surface area contributed by atoms with Crippen LogP contribution in [0.5, 0.6) is 5.75 Å². The van der Waals surface area contributed by atoms with Gasteiger partial charge in [0.1, 0.15) is 11.0 Å². The van der Waals surface area contributed by atoms with E-state index >= 15 is 0 Å². The standard InChI is InChI=1S/C28H31F3N4O4S/c1-4-26(24-9-5-8-23-22(24)7-6-10-25(23)34(2)3)40(37,38)35-17-15-20(16-18-35)33-27(36)32-19-11-13-21(14-12-19)39-28(29,30)31/h4-14,20,26H,1,15-18H2,2-3H3,(H2,32,33,36). The van der Waals surface area contributed by atoms with Crippen LogP contribution in [0.2, 0.25) is 0 Å². The maximum atomic E-state index is 13.7. The molecule has 1 atom stereocenters. The van der Waals surface area contributed by atoms with Gasteiger partial charge in [-0.25, -0.2) is 17.5 Å². The maximum Gasteiger partial charge on any atom is 0.573 e. The first kappa shape index (κ1) is 29.2. The SMILES string of the molecule is C=CC(c1cccc2c(N(C)C)cccc12)S(=O)(=O)N1CCC(NC(=O)Nc2ccc(OC(F)(F)F)cc2)CC1. The number of carbonyl (C=O) groups is 1. The van der Waals surface area contributed by atoms with Crippen LogP contribution in [-0.2, 0) is 10.0 Å². The monoisotopic (exact) mass is 576 g/mol. The van der Waals surface area contributed by atoms with Gasteiger partial charge < -0.3 is 20.3 Å². The summed E-state index contributed by atoms with van der Waals surface area (Å²) in [5.74, 6) is -0.397. The van der Waals surface area contributed by atoms with Crippen molar-refractivity contribution in [3.05, 3.63) is 78.9 Å². The van der Waals surface area contributed by atoms with Gasteiger partial charge in [-0.1, -0.05) is 36.4 Å². The largest absolute Gasteiger partial charge is 0.573 e. The average molecular weight is 577 g/mol. The van der Waals surface area contributed by atoms with Crippen molar-refractivity contribution in [3.8, 4) is 5.75 Å². The van der Waals surface area contributed by atoms with Gasteiger partial charge in [0.2, 0.25) is 10.0 Å². The number of benzene rings is 3. The molecule has 0 radical (unpaired) electrons. The van der Waals surface area contributed by atoms with E-state index in [0.29, 0.717) is 18.4 Å². The first-order valence-electron chi connectivity index (χ1n) is 12.6. The number of fused-ring (bicyclic) bond motifs is 1. The molecular formula is C28H31F3N4O4S. The predicted molar refractivity (Wildman–Crippen MR) is 150 cm³/mol. The molecule has 0 saturated carbocycles. The zero-order valence-corrected chi connectivity index (χ0v) is 22.9. The lowest BCUT2D eigenvalue weighted by Gasteiger charge is -2.33. The topological polar surface area (TPSA) is 91.0 Å². The Morgan fingerprint density at radius 2 is 1.68 bits per heavy atom. The molecule has 1 heterocycles. The molecule has 40 heavy (non-hydrogen) atoms. The molecule has 214 valence electrons. The van der Waals surface area contributed by atoms with Crippen LogP contribution < -0.4 is 20.3 Å². The number of anilines is 2. The minimum atomic E-state index is -4.80. The number of hydrogen-bond acceptors (Lipinski definition) is 5. The molecule has 1 fully saturated rings. The molecule has 0 aromatic heterocycles. The number of alkyl halides is 3. The third kappa shape index (κ3) is 6.68. The molecule has 3 aromatic rings. The van der Waals surface area contributed by atoms with Crippen LogP contribution >= 0.6 is 0 Å². The molecule has 1 aliphatic heterocycles. The summed E-state index contributed by atoms with van der Waals surface area (Å²) in [4.78, 5) is 14.4. The van der Waals surface area contributed by atoms with E-state index in [9.17, 15) is 26.4 Å². The number of piperidine rings is 1. The van der Waals surface area contributed by atoms with Crippen molar-refractivity contribution in [2.24, 2.45) is 0 Å². The molecule has 1 aliphatic rings. The number of halogens is 3. The molecule has 1 saturated heterocycles. The fourth-order valence-corrected chi connectivity index (χ4v) is 6.68. The Bertz CT molecular complexity index is 1470. The van der Waals surface area contributed by atoms with E-state index in [1.165, 1.54) is 22.5 Å². The van der Waals surface area contributed by atoms with E-state index < -0.39 is 33.4 Å². The minimum absolute atomic E-state index is 0.217. The summed E-state index contributed by atoms with van der Waals surface area (Å²) in [6.45, 7) is 4.27. The third-order valence-electron chi connectivity index (χ3n) is 6.75. The van der Waals surface area contributed by atoms with Crippen LogP contribution in [0, 0.1) is 0 Å². The van der Waals surface area contributed by atoms with E-state index in [2.05, 4.69) is 21.9 Å². The van der Waals surface area contributed by atoms with E-state index in [0.717, 1.165) is 28.6 Å². The van der Waals surface area contributed by atoms with Crippen LogP contribution in [0.3, 0.4) is 0 Å². The number of rotatable bonds is 8. The van der Waals surface area contributed by atoms with Crippen LogP contribution in [0.1, 0.15) is 23.7 Å². The van der Waals surface area contributed by atoms with Crippen LogP contribution in [0.15, 0.2) is 73.3 Å². The van der Waals surface area contributed by atoms with Crippen molar-refractivity contribution in [2.45, 2.75) is 30.5 Å². The summed E-state index contributed by atoms with van der Waals surface area (Å²) in [6, 6.07) is 15.4. The Labute approximate surface area is 231 Å². The van der Waals surface area contributed by atoms with Crippen molar-refractivity contribution >= 4 is 38.2 Å². The Balaban J connectivity index is 1.39. The summed E-state index contributed by atoms with van der Waals surface area (Å²) in [5.41, 5.74) is 1.92. The molecule has 3 aromatic carbocycles. The molecule has 12 heteroatoms. The van der Waals surface area contributed by atoms with E-state index in [4.69, 9.17) is 0 Å². The summed E-state index contributed by atoms with van der Waals surface area (Å²) in [7, 11) is 0.0827. The predicted octanol–water partition coefficient (Wildman–Crippen LogP) is 5.65. The molecular weight excluding hydrogens is 545 g/mol. The lowest BCUT2D eigenvalue weighted by atomic mass is 10.0. The molecule has 0 spiro atoms. The van der Waals surface area contributed by atoms with Crippen LogP contribution in [0.4, 0.5) is 29.3 Å². The van der Waals surface area contributed by atoms with E-state index in [1.54, 1.807) is 0 Å². The smallest absolute Gasteiger partial charge is 0.406 e. The van der Waals surface area contributed by atoms with Crippen molar-refractivity contribution in [2.75, 3.05) is 37.4 Å². The van der Waals surface area contributed by atoms with Crippen LogP contribution in [0.25, 0.3) is 10.8 Å². The first-order valence-corrected chi connectivity index (χ1v) is 14.1. The van der Waals surface area contributed by atoms with Gasteiger partial charge in [0, 0.05) is 50.0 Å². The lowest BCUT2D eigenvalue weighted by molar-refractivity contribution is -0.274. The molecule has 0 aliphatic carbocycles. The summed E-state index contributed by atoms with van der Waals surface area (Å²) in [6.07, 6.45) is -2.55. The minimum Gasteiger partial charge on any atom is -0.406 e. The highest BCUT2D eigenvalue weighted by Gasteiger charge is 2.35. The normalized spacial score (nSPS) is 15.8. The number of nitrogens with zero attached hydrogens (tertiary/aromatic N) is 2. The summed E-state index contributed by atoms with van der Waals surface area (Å²) >= 11 is 0. The third-order valence-corrected chi connectivity index (χ3v) is 8.92. The maximum absolute atomic E-state index is 13.7. The van der Waals surface area contributed by atoms with Gasteiger partial charge in [-0.2, -0.15) is 0 Å². The van der Waals surface area contributed by atoms with Gasteiger partial charge in [0.05, 0.1) is 0 Å². The molecule has 8 nitrogen and oxygen atoms in total. The van der Waals surface area contributed by atoms with Gasteiger partial charge in [0.25, 0.3) is 0 Å². The van der Waals surface area contributed by atoms with E-state index in [-0.39, 0.29) is 24.8 Å². The van der Waals surface area contributed by atoms with Crippen molar-refractivity contribution < 1.29 is 31.1 Å². The summed E-state index contributed by atoms with van der Waals surface area (Å²) < 4.78 is 69.7. The fraction of sp³-hybridized carbons (Fsp3) is 0.321. The lowest BCUT2D eigenvalue weighted by Crippen LogP contribution is -2.48. The number of urea groups is 1. The Morgan fingerprint density at radius 3 is 2.27 bits per heavy atom. The molecule has 2 amide bonds. The zero-order chi connectivity index (χ0) is 29.1. The van der Waals surface area contributed by atoms with Gasteiger partial charge in [-0.05, 0) is 54.1 Å². The average Bonchev–Trinajstić information content (AvgIpc) is 2.89. The van der Waals surface area contributed by atoms with E-state index in [1.807, 2.05) is 55.4 Å².